The summed E-state index contributed by atoms with van der Waals surface area (Å²) in [5.41, 5.74) is 0.888. The second-order valence-corrected chi connectivity index (χ2v) is 3.12. The van der Waals surface area contributed by atoms with E-state index in [2.05, 4.69) is 5.32 Å². The van der Waals surface area contributed by atoms with E-state index < -0.39 is 18.5 Å². The molecule has 2 amide bonds. The highest BCUT2D eigenvalue weighted by atomic mass is 16.4. The maximum absolute atomic E-state index is 11.2. The molecular weight excluding hydrogens is 210 g/mol. The lowest BCUT2D eigenvalue weighted by atomic mass is 10.2. The molecule has 0 bridgehead atoms. The Morgan fingerprint density at radius 1 is 1.31 bits per heavy atom. The van der Waals surface area contributed by atoms with Crippen LogP contribution in [-0.2, 0) is 11.3 Å². The van der Waals surface area contributed by atoms with Crippen molar-refractivity contribution in [1.82, 2.24) is 16.2 Å². The van der Waals surface area contributed by atoms with Gasteiger partial charge in [0.1, 0.15) is 6.54 Å². The molecule has 0 atom stereocenters. The second kappa shape index (κ2) is 5.72. The Hall–Kier alpha value is -2.08. The van der Waals surface area contributed by atoms with Gasteiger partial charge in [-0.15, -0.1) is 5.84 Å². The SMILES string of the molecule is [NH]N(CC(=O)O)C(=O)NCc1ccccc1. The van der Waals surface area contributed by atoms with E-state index in [0.29, 0.717) is 5.01 Å². The van der Waals surface area contributed by atoms with Gasteiger partial charge in [0.2, 0.25) is 0 Å². The largest absolute Gasteiger partial charge is 0.480 e. The van der Waals surface area contributed by atoms with E-state index in [1.54, 1.807) is 0 Å². The molecule has 0 saturated carbocycles. The Balaban J connectivity index is 2.38. The molecule has 1 aromatic carbocycles. The number of carbonyl (C=O) groups is 2. The molecule has 0 aliphatic rings. The van der Waals surface area contributed by atoms with Crippen LogP contribution in [0.5, 0.6) is 0 Å². The molecule has 6 nitrogen and oxygen atoms in total. The fourth-order valence-electron chi connectivity index (χ4n) is 1.08. The number of urea groups is 1. The summed E-state index contributed by atoms with van der Waals surface area (Å²) in [4.78, 5) is 21.5. The van der Waals surface area contributed by atoms with Crippen LogP contribution in [-0.4, -0.2) is 28.7 Å². The Morgan fingerprint density at radius 3 is 2.50 bits per heavy atom. The van der Waals surface area contributed by atoms with Gasteiger partial charge in [-0.3, -0.25) is 4.79 Å². The van der Waals surface area contributed by atoms with Crippen LogP contribution in [0.25, 0.3) is 0 Å². The molecule has 6 heteroatoms. The molecular formula is C10H12N3O3. The summed E-state index contributed by atoms with van der Waals surface area (Å²) in [6, 6.07) is 8.43. The number of amides is 2. The van der Waals surface area contributed by atoms with Crippen molar-refractivity contribution < 1.29 is 14.7 Å². The monoisotopic (exact) mass is 222 g/mol. The Kier molecular flexibility index (Phi) is 4.28. The minimum Gasteiger partial charge on any atom is -0.480 e. The maximum Gasteiger partial charge on any atom is 0.333 e. The molecule has 85 valence electrons. The van der Waals surface area contributed by atoms with E-state index >= 15 is 0 Å². The van der Waals surface area contributed by atoms with E-state index in [9.17, 15) is 9.59 Å². The zero-order valence-corrected chi connectivity index (χ0v) is 8.51. The third kappa shape index (κ3) is 3.97. The lowest BCUT2D eigenvalue weighted by Crippen LogP contribution is -2.41. The number of carboxylic acids is 1. The first kappa shape index (κ1) is 12.0. The molecule has 0 unspecified atom stereocenters. The maximum atomic E-state index is 11.2. The van der Waals surface area contributed by atoms with Gasteiger partial charge >= 0.3 is 12.0 Å². The van der Waals surface area contributed by atoms with Gasteiger partial charge in [0, 0.05) is 6.54 Å². The quantitative estimate of drug-likeness (QED) is 0.725. The Bertz CT molecular complexity index is 367. The average molecular weight is 222 g/mol. The predicted octanol–water partition coefficient (Wildman–Crippen LogP) is 0.481. The molecule has 0 saturated heterocycles. The summed E-state index contributed by atoms with van der Waals surface area (Å²) in [5.74, 6) is 5.90. The zero-order chi connectivity index (χ0) is 12.0. The number of rotatable bonds is 4. The summed E-state index contributed by atoms with van der Waals surface area (Å²) in [6.45, 7) is -0.366. The van der Waals surface area contributed by atoms with Gasteiger partial charge < -0.3 is 10.4 Å². The lowest BCUT2D eigenvalue weighted by molar-refractivity contribution is -0.137. The van der Waals surface area contributed by atoms with Crippen molar-refractivity contribution in [3.05, 3.63) is 35.9 Å². The first-order valence-corrected chi connectivity index (χ1v) is 4.62. The van der Waals surface area contributed by atoms with E-state index in [1.165, 1.54) is 0 Å². The smallest absolute Gasteiger partial charge is 0.333 e. The van der Waals surface area contributed by atoms with Crippen LogP contribution in [0.15, 0.2) is 30.3 Å². The lowest BCUT2D eigenvalue weighted by Gasteiger charge is -2.13. The Labute approximate surface area is 92.6 Å². The van der Waals surface area contributed by atoms with Crippen molar-refractivity contribution >= 4 is 12.0 Å². The molecule has 16 heavy (non-hydrogen) atoms. The van der Waals surface area contributed by atoms with E-state index in [4.69, 9.17) is 10.9 Å². The number of benzene rings is 1. The van der Waals surface area contributed by atoms with E-state index in [1.807, 2.05) is 30.3 Å². The molecule has 0 aliphatic heterocycles. The van der Waals surface area contributed by atoms with Crippen LogP contribution in [0.1, 0.15) is 5.56 Å². The van der Waals surface area contributed by atoms with Gasteiger partial charge in [-0.2, -0.15) is 0 Å². The highest BCUT2D eigenvalue weighted by Gasteiger charge is 2.12. The van der Waals surface area contributed by atoms with Gasteiger partial charge in [-0.1, -0.05) is 30.3 Å². The van der Waals surface area contributed by atoms with Crippen LogP contribution in [0, 0.1) is 0 Å². The Morgan fingerprint density at radius 2 is 1.94 bits per heavy atom. The van der Waals surface area contributed by atoms with Gasteiger partial charge in [-0.25, -0.2) is 9.80 Å². The fourth-order valence-corrected chi connectivity index (χ4v) is 1.08. The fraction of sp³-hybridized carbons (Fsp3) is 0.200. The minimum absolute atomic E-state index is 0.272. The van der Waals surface area contributed by atoms with E-state index in [0.717, 1.165) is 5.56 Å². The number of nitrogens with one attached hydrogen (secondary N) is 2. The molecule has 0 heterocycles. The van der Waals surface area contributed by atoms with Gasteiger partial charge in [0.15, 0.2) is 0 Å². The number of carbonyl (C=O) groups excluding carboxylic acids is 1. The average Bonchev–Trinajstić information content (AvgIpc) is 2.26. The second-order valence-electron chi connectivity index (χ2n) is 3.12. The summed E-state index contributed by atoms with van der Waals surface area (Å²) in [6.07, 6.45) is 0. The normalized spacial score (nSPS) is 9.56. The van der Waals surface area contributed by atoms with Crippen LogP contribution < -0.4 is 11.2 Å². The first-order chi connectivity index (χ1) is 7.59. The summed E-state index contributed by atoms with van der Waals surface area (Å²) < 4.78 is 0. The van der Waals surface area contributed by atoms with Crippen molar-refractivity contribution in [3.63, 3.8) is 0 Å². The molecule has 0 aromatic heterocycles. The topological polar surface area (TPSA) is 93.4 Å². The van der Waals surface area contributed by atoms with Crippen LogP contribution in [0.3, 0.4) is 0 Å². The molecule has 1 aromatic rings. The molecule has 1 radical (unpaired) electrons. The van der Waals surface area contributed by atoms with Crippen LogP contribution in [0.2, 0.25) is 0 Å². The third-order valence-corrected chi connectivity index (χ3v) is 1.83. The number of hydrogen-bond acceptors (Lipinski definition) is 2. The molecule has 0 fully saturated rings. The van der Waals surface area contributed by atoms with E-state index in [-0.39, 0.29) is 6.54 Å². The van der Waals surface area contributed by atoms with Crippen molar-refractivity contribution in [1.29, 1.82) is 0 Å². The highest BCUT2D eigenvalue weighted by Crippen LogP contribution is 1.97. The van der Waals surface area contributed by atoms with Gasteiger partial charge in [0.05, 0.1) is 0 Å². The van der Waals surface area contributed by atoms with Gasteiger partial charge in [0.25, 0.3) is 0 Å². The van der Waals surface area contributed by atoms with Crippen molar-refractivity contribution in [2.24, 2.45) is 0 Å². The zero-order valence-electron chi connectivity index (χ0n) is 8.51. The van der Waals surface area contributed by atoms with Gasteiger partial charge in [-0.05, 0) is 5.56 Å². The van der Waals surface area contributed by atoms with Crippen molar-refractivity contribution in [2.75, 3.05) is 6.54 Å². The predicted molar refractivity (Wildman–Crippen MR) is 56.1 cm³/mol. The minimum atomic E-state index is -1.22. The number of carboxylic acid groups (broad SMARTS) is 1. The summed E-state index contributed by atoms with van der Waals surface area (Å²) in [7, 11) is 0. The number of hydrogen-bond donors (Lipinski definition) is 2. The van der Waals surface area contributed by atoms with Crippen LogP contribution in [0.4, 0.5) is 4.79 Å². The van der Waals surface area contributed by atoms with Crippen LogP contribution >= 0.6 is 0 Å². The molecule has 0 aliphatic carbocycles. The molecule has 3 N–H and O–H groups in total. The van der Waals surface area contributed by atoms with Crippen molar-refractivity contribution in [3.8, 4) is 0 Å². The first-order valence-electron chi connectivity index (χ1n) is 4.62. The molecule has 1 rings (SSSR count). The summed E-state index contributed by atoms with van der Waals surface area (Å²) in [5, 5.41) is 11.2. The van der Waals surface area contributed by atoms with Crippen molar-refractivity contribution in [2.45, 2.75) is 6.54 Å². The standard InChI is InChI=1S/C10H12N3O3/c11-13(7-9(14)15)10(16)12-6-8-4-2-1-3-5-8/h1-5,11H,6-7H2,(H,12,16)(H,14,15). The highest BCUT2D eigenvalue weighted by molar-refractivity contribution is 5.79. The third-order valence-electron chi connectivity index (χ3n) is 1.83. The summed E-state index contributed by atoms with van der Waals surface area (Å²) >= 11 is 0. The number of aliphatic carboxylic acids is 1. The number of nitrogens with zero attached hydrogens (tertiary/aromatic N) is 1. The molecule has 0 spiro atoms.